The SMILES string of the molecule is C=CCN1C(=O)/C(=C/c2cc(OC)c(OC)c(OC)c2)N(C)C1=S. The zero-order chi connectivity index (χ0) is 17.9. The number of likely N-dealkylation sites (N-methyl/N-ethyl adjacent to an activating group) is 1. The van der Waals surface area contributed by atoms with Crippen molar-refractivity contribution >= 4 is 29.3 Å². The van der Waals surface area contributed by atoms with Crippen LogP contribution in [0.3, 0.4) is 0 Å². The van der Waals surface area contributed by atoms with Crippen LogP contribution in [0, 0.1) is 0 Å². The molecule has 0 radical (unpaired) electrons. The molecule has 0 saturated carbocycles. The van der Waals surface area contributed by atoms with E-state index in [9.17, 15) is 4.79 Å². The average Bonchev–Trinajstić information content (AvgIpc) is 2.79. The number of ether oxygens (including phenoxy) is 3. The Morgan fingerprint density at radius 2 is 1.75 bits per heavy atom. The molecule has 0 bridgehead atoms. The Bertz CT molecular complexity index is 690. The first kappa shape index (κ1) is 17.8. The summed E-state index contributed by atoms with van der Waals surface area (Å²) in [5.41, 5.74) is 1.21. The van der Waals surface area contributed by atoms with Gasteiger partial charge in [-0.2, -0.15) is 0 Å². The van der Waals surface area contributed by atoms with Gasteiger partial charge in [0.2, 0.25) is 5.75 Å². The van der Waals surface area contributed by atoms with Crippen molar-refractivity contribution in [2.45, 2.75) is 0 Å². The zero-order valence-corrected chi connectivity index (χ0v) is 15.0. The van der Waals surface area contributed by atoms with Crippen molar-refractivity contribution in [1.82, 2.24) is 9.80 Å². The molecule has 0 spiro atoms. The predicted molar refractivity (Wildman–Crippen MR) is 96.3 cm³/mol. The van der Waals surface area contributed by atoms with Crippen LogP contribution in [0.5, 0.6) is 17.2 Å². The molecule has 0 atom stereocenters. The minimum atomic E-state index is -0.170. The highest BCUT2D eigenvalue weighted by Gasteiger charge is 2.34. The molecule has 0 unspecified atom stereocenters. The van der Waals surface area contributed by atoms with Crippen molar-refractivity contribution in [2.24, 2.45) is 0 Å². The third-order valence-corrected chi connectivity index (χ3v) is 4.14. The van der Waals surface area contributed by atoms with E-state index in [0.717, 1.165) is 5.56 Å². The van der Waals surface area contributed by atoms with E-state index in [-0.39, 0.29) is 5.91 Å². The first-order valence-corrected chi connectivity index (χ1v) is 7.61. The monoisotopic (exact) mass is 348 g/mol. The van der Waals surface area contributed by atoms with Crippen LogP contribution in [-0.4, -0.2) is 55.7 Å². The van der Waals surface area contributed by atoms with Gasteiger partial charge in [0.15, 0.2) is 16.6 Å². The Hall–Kier alpha value is -2.54. The van der Waals surface area contributed by atoms with Gasteiger partial charge in [0.1, 0.15) is 5.70 Å². The van der Waals surface area contributed by atoms with Crippen LogP contribution >= 0.6 is 12.2 Å². The molecule has 1 aromatic rings. The maximum Gasteiger partial charge on any atom is 0.277 e. The largest absolute Gasteiger partial charge is 0.493 e. The van der Waals surface area contributed by atoms with Crippen LogP contribution in [0.15, 0.2) is 30.5 Å². The van der Waals surface area contributed by atoms with E-state index in [1.807, 2.05) is 0 Å². The summed E-state index contributed by atoms with van der Waals surface area (Å²) < 4.78 is 16.0. The van der Waals surface area contributed by atoms with E-state index in [0.29, 0.717) is 34.6 Å². The Morgan fingerprint density at radius 3 is 2.21 bits per heavy atom. The number of methoxy groups -OCH3 is 3. The quantitative estimate of drug-likeness (QED) is 0.447. The van der Waals surface area contributed by atoms with Gasteiger partial charge in [-0.3, -0.25) is 9.69 Å². The molecule has 0 aromatic heterocycles. The van der Waals surface area contributed by atoms with E-state index in [4.69, 9.17) is 26.4 Å². The molecule has 6 nitrogen and oxygen atoms in total. The highest BCUT2D eigenvalue weighted by molar-refractivity contribution is 7.80. The second-order valence-electron chi connectivity index (χ2n) is 5.03. The van der Waals surface area contributed by atoms with E-state index >= 15 is 0 Å². The maximum absolute atomic E-state index is 12.5. The van der Waals surface area contributed by atoms with Crippen LogP contribution < -0.4 is 14.2 Å². The summed E-state index contributed by atoms with van der Waals surface area (Å²) in [4.78, 5) is 15.7. The van der Waals surface area contributed by atoms with Crippen molar-refractivity contribution in [3.63, 3.8) is 0 Å². The third kappa shape index (κ3) is 3.07. The topological polar surface area (TPSA) is 51.2 Å². The normalized spacial score (nSPS) is 15.9. The van der Waals surface area contributed by atoms with Crippen LogP contribution in [0.25, 0.3) is 6.08 Å². The summed E-state index contributed by atoms with van der Waals surface area (Å²) in [7, 11) is 6.38. The molecule has 1 saturated heterocycles. The summed E-state index contributed by atoms with van der Waals surface area (Å²) in [5, 5.41) is 0.443. The van der Waals surface area contributed by atoms with Crippen molar-refractivity contribution in [3.05, 3.63) is 36.0 Å². The molecular formula is C17H20N2O4S. The number of hydrogen-bond acceptors (Lipinski definition) is 5. The molecule has 1 aliphatic heterocycles. The van der Waals surface area contributed by atoms with Gasteiger partial charge in [-0.1, -0.05) is 6.08 Å². The van der Waals surface area contributed by atoms with Gasteiger partial charge in [-0.25, -0.2) is 0 Å². The minimum absolute atomic E-state index is 0.170. The number of nitrogens with zero attached hydrogens (tertiary/aromatic N) is 2. The molecule has 128 valence electrons. The fourth-order valence-corrected chi connectivity index (χ4v) is 2.70. The van der Waals surface area contributed by atoms with Crippen LogP contribution in [0.2, 0.25) is 0 Å². The van der Waals surface area contributed by atoms with Crippen LogP contribution in [0.4, 0.5) is 0 Å². The molecule has 1 aliphatic rings. The van der Waals surface area contributed by atoms with Gasteiger partial charge in [-0.15, -0.1) is 6.58 Å². The first-order chi connectivity index (χ1) is 11.5. The molecule has 1 amide bonds. The number of carbonyl (C=O) groups excluding carboxylic acids is 1. The summed E-state index contributed by atoms with van der Waals surface area (Å²) >= 11 is 5.31. The van der Waals surface area contributed by atoms with Gasteiger partial charge in [0.05, 0.1) is 21.3 Å². The fourth-order valence-electron chi connectivity index (χ4n) is 2.44. The van der Waals surface area contributed by atoms with E-state index < -0.39 is 0 Å². The lowest BCUT2D eigenvalue weighted by molar-refractivity contribution is -0.122. The van der Waals surface area contributed by atoms with Crippen LogP contribution in [-0.2, 0) is 4.79 Å². The summed E-state index contributed by atoms with van der Waals surface area (Å²) in [6.07, 6.45) is 3.38. The molecular weight excluding hydrogens is 328 g/mol. The van der Waals surface area contributed by atoms with Gasteiger partial charge in [0.25, 0.3) is 5.91 Å². The molecule has 2 rings (SSSR count). The molecule has 1 heterocycles. The molecule has 1 fully saturated rings. The lowest BCUT2D eigenvalue weighted by atomic mass is 10.1. The second-order valence-corrected chi connectivity index (χ2v) is 5.40. The highest BCUT2D eigenvalue weighted by Crippen LogP contribution is 2.39. The van der Waals surface area contributed by atoms with Gasteiger partial charge >= 0.3 is 0 Å². The second kappa shape index (κ2) is 7.35. The van der Waals surface area contributed by atoms with Crippen molar-refractivity contribution < 1.29 is 19.0 Å². The number of rotatable bonds is 6. The number of thiocarbonyl (C=S) groups is 1. The van der Waals surface area contributed by atoms with Gasteiger partial charge in [0, 0.05) is 13.6 Å². The number of benzene rings is 1. The van der Waals surface area contributed by atoms with E-state index in [1.165, 1.54) is 4.90 Å². The number of amides is 1. The van der Waals surface area contributed by atoms with E-state index in [1.54, 1.807) is 57.6 Å². The zero-order valence-electron chi connectivity index (χ0n) is 14.2. The van der Waals surface area contributed by atoms with E-state index in [2.05, 4.69) is 6.58 Å². The molecule has 24 heavy (non-hydrogen) atoms. The third-order valence-electron chi connectivity index (χ3n) is 3.65. The lowest BCUT2D eigenvalue weighted by Crippen LogP contribution is -2.31. The predicted octanol–water partition coefficient (Wildman–Crippen LogP) is 2.30. The summed E-state index contributed by atoms with van der Waals surface area (Å²) in [5.74, 6) is 1.36. The lowest BCUT2D eigenvalue weighted by Gasteiger charge is -2.14. The standard InChI is InChI=1S/C17H20N2O4S/c1-6-7-19-16(20)12(18(2)17(19)24)8-11-9-13(21-3)15(23-5)14(10-11)22-4/h6,8-10H,1,7H2,2-5H3/b12-8-. The first-order valence-electron chi connectivity index (χ1n) is 7.20. The minimum Gasteiger partial charge on any atom is -0.493 e. The smallest absolute Gasteiger partial charge is 0.277 e. The summed E-state index contributed by atoms with van der Waals surface area (Å²) in [6.45, 7) is 4.02. The Balaban J connectivity index is 2.49. The Kier molecular flexibility index (Phi) is 5.46. The van der Waals surface area contributed by atoms with Crippen molar-refractivity contribution in [3.8, 4) is 17.2 Å². The molecule has 0 N–H and O–H groups in total. The Morgan fingerprint density at radius 1 is 1.17 bits per heavy atom. The average molecular weight is 348 g/mol. The molecule has 7 heteroatoms. The highest BCUT2D eigenvalue weighted by atomic mass is 32.1. The van der Waals surface area contributed by atoms with Crippen molar-refractivity contribution in [1.29, 1.82) is 0 Å². The van der Waals surface area contributed by atoms with Gasteiger partial charge < -0.3 is 19.1 Å². The fraction of sp³-hybridized carbons (Fsp3) is 0.294. The van der Waals surface area contributed by atoms with Crippen molar-refractivity contribution in [2.75, 3.05) is 34.9 Å². The number of hydrogen-bond donors (Lipinski definition) is 0. The molecule has 1 aromatic carbocycles. The molecule has 0 aliphatic carbocycles. The van der Waals surface area contributed by atoms with Gasteiger partial charge in [-0.05, 0) is 36.0 Å². The maximum atomic E-state index is 12.5. The Labute approximate surface area is 146 Å². The van der Waals surface area contributed by atoms with Crippen LogP contribution in [0.1, 0.15) is 5.56 Å². The summed E-state index contributed by atoms with van der Waals surface area (Å²) in [6, 6.07) is 3.55. The number of carbonyl (C=O) groups is 1.